The van der Waals surface area contributed by atoms with Crippen LogP contribution in [-0.4, -0.2) is 26.4 Å². The molecule has 164 valence electrons. The Labute approximate surface area is 192 Å². The van der Waals surface area contributed by atoms with Crippen LogP contribution in [0.1, 0.15) is 28.3 Å². The van der Waals surface area contributed by atoms with Gasteiger partial charge in [0.25, 0.3) is 0 Å². The molecule has 0 aliphatic heterocycles. The molecule has 0 atom stereocenters. The Hall–Kier alpha value is -3.32. The molecule has 32 heavy (non-hydrogen) atoms. The first-order chi connectivity index (χ1) is 15.6. The van der Waals surface area contributed by atoms with E-state index in [1.165, 1.54) is 28.5 Å². The van der Waals surface area contributed by atoms with Crippen LogP contribution in [0.15, 0.2) is 76.5 Å². The third kappa shape index (κ3) is 5.48. The second-order valence-corrected chi connectivity index (χ2v) is 8.58. The van der Waals surface area contributed by atoms with Crippen molar-refractivity contribution in [2.45, 2.75) is 38.4 Å². The van der Waals surface area contributed by atoms with Crippen molar-refractivity contribution in [2.24, 2.45) is 0 Å². The lowest BCUT2D eigenvalue weighted by atomic mass is 10.1. The highest BCUT2D eigenvalue weighted by Gasteiger charge is 2.16. The Morgan fingerprint density at radius 2 is 1.84 bits per heavy atom. The van der Waals surface area contributed by atoms with E-state index in [9.17, 15) is 4.79 Å². The first-order valence-electron chi connectivity index (χ1n) is 10.6. The number of benzene rings is 2. The van der Waals surface area contributed by atoms with Crippen molar-refractivity contribution in [1.29, 1.82) is 0 Å². The van der Waals surface area contributed by atoms with Crippen LogP contribution in [0.2, 0.25) is 0 Å². The van der Waals surface area contributed by atoms with Crippen molar-refractivity contribution in [2.75, 3.05) is 5.75 Å². The highest BCUT2D eigenvalue weighted by molar-refractivity contribution is 7.99. The minimum Gasteiger partial charge on any atom is -0.467 e. The topological polar surface area (TPSA) is 73.0 Å². The molecule has 0 saturated carbocycles. The maximum atomic E-state index is 12.3. The fourth-order valence-electron chi connectivity index (χ4n) is 3.36. The number of furan rings is 1. The normalized spacial score (nSPS) is 10.9. The first kappa shape index (κ1) is 21.9. The molecule has 0 fully saturated rings. The van der Waals surface area contributed by atoms with Gasteiger partial charge in [-0.3, -0.25) is 9.36 Å². The van der Waals surface area contributed by atoms with Gasteiger partial charge in [0.2, 0.25) is 5.91 Å². The molecule has 0 unspecified atom stereocenters. The van der Waals surface area contributed by atoms with E-state index in [0.29, 0.717) is 11.7 Å². The number of thioether (sulfide) groups is 1. The summed E-state index contributed by atoms with van der Waals surface area (Å²) >= 11 is 1.39. The van der Waals surface area contributed by atoms with E-state index in [0.717, 1.165) is 30.1 Å². The monoisotopic (exact) mass is 446 g/mol. The predicted molar refractivity (Wildman–Crippen MR) is 126 cm³/mol. The molecule has 6 nitrogen and oxygen atoms in total. The molecule has 2 aromatic carbocycles. The van der Waals surface area contributed by atoms with Crippen LogP contribution in [0, 0.1) is 13.8 Å². The molecule has 4 rings (SSSR count). The van der Waals surface area contributed by atoms with Crippen molar-refractivity contribution in [1.82, 2.24) is 20.1 Å². The van der Waals surface area contributed by atoms with Crippen molar-refractivity contribution in [3.63, 3.8) is 0 Å². The van der Waals surface area contributed by atoms with E-state index >= 15 is 0 Å². The highest BCUT2D eigenvalue weighted by atomic mass is 32.2. The fraction of sp³-hybridized carbons (Fsp3) is 0.240. The Bertz CT molecular complexity index is 1170. The summed E-state index contributed by atoms with van der Waals surface area (Å²) in [5.74, 6) is 1.79. The van der Waals surface area contributed by atoms with Gasteiger partial charge in [0.1, 0.15) is 11.6 Å². The SMILES string of the molecule is Cc1ccc(-n2c(CCc3ccccc3)nnc2SCC(=O)NCc2ccco2)cc1C. The highest BCUT2D eigenvalue weighted by Crippen LogP contribution is 2.24. The van der Waals surface area contributed by atoms with Crippen LogP contribution in [0.4, 0.5) is 0 Å². The van der Waals surface area contributed by atoms with Gasteiger partial charge in [-0.05, 0) is 61.2 Å². The van der Waals surface area contributed by atoms with Gasteiger partial charge in [0.15, 0.2) is 5.16 Å². The van der Waals surface area contributed by atoms with Crippen molar-refractivity contribution in [3.8, 4) is 5.69 Å². The lowest BCUT2D eigenvalue weighted by Crippen LogP contribution is -2.24. The molecule has 1 amide bonds. The summed E-state index contributed by atoms with van der Waals surface area (Å²) < 4.78 is 7.33. The minimum absolute atomic E-state index is 0.0770. The molecule has 0 aliphatic carbocycles. The van der Waals surface area contributed by atoms with Crippen LogP contribution < -0.4 is 5.32 Å². The van der Waals surface area contributed by atoms with Gasteiger partial charge < -0.3 is 9.73 Å². The number of nitrogens with one attached hydrogen (secondary N) is 1. The van der Waals surface area contributed by atoms with Gasteiger partial charge in [0, 0.05) is 12.1 Å². The van der Waals surface area contributed by atoms with Gasteiger partial charge in [-0.25, -0.2) is 0 Å². The molecular weight excluding hydrogens is 420 g/mol. The van der Waals surface area contributed by atoms with Crippen LogP contribution in [-0.2, 0) is 24.2 Å². The lowest BCUT2D eigenvalue weighted by molar-refractivity contribution is -0.118. The van der Waals surface area contributed by atoms with Gasteiger partial charge in [-0.1, -0.05) is 48.2 Å². The van der Waals surface area contributed by atoms with Crippen molar-refractivity contribution in [3.05, 3.63) is 95.2 Å². The summed E-state index contributed by atoms with van der Waals surface area (Å²) in [4.78, 5) is 12.3. The van der Waals surface area contributed by atoms with Crippen LogP contribution in [0.25, 0.3) is 5.69 Å². The zero-order valence-corrected chi connectivity index (χ0v) is 19.1. The second kappa shape index (κ2) is 10.3. The number of rotatable bonds is 9. The number of hydrogen-bond donors (Lipinski definition) is 1. The predicted octanol–water partition coefficient (Wildman–Crippen LogP) is 4.67. The van der Waals surface area contributed by atoms with Gasteiger partial charge in [-0.2, -0.15) is 0 Å². The summed E-state index contributed by atoms with van der Waals surface area (Å²) in [7, 11) is 0. The number of nitrogens with zero attached hydrogens (tertiary/aromatic N) is 3. The number of hydrogen-bond acceptors (Lipinski definition) is 5. The Morgan fingerprint density at radius 3 is 2.59 bits per heavy atom. The Kier molecular flexibility index (Phi) is 7.07. The molecule has 0 aliphatic rings. The maximum absolute atomic E-state index is 12.3. The summed E-state index contributed by atoms with van der Waals surface area (Å²) in [6.07, 6.45) is 3.23. The van der Waals surface area contributed by atoms with E-state index in [1.54, 1.807) is 12.3 Å². The number of aromatic nitrogens is 3. The zero-order valence-electron chi connectivity index (χ0n) is 18.2. The molecule has 4 aromatic rings. The van der Waals surface area contributed by atoms with E-state index in [1.807, 2.05) is 24.3 Å². The minimum atomic E-state index is -0.0770. The molecule has 0 spiro atoms. The quantitative estimate of drug-likeness (QED) is 0.378. The standard InChI is InChI=1S/C25H26N4O2S/c1-18-10-12-21(15-19(18)2)29-23(13-11-20-7-4-3-5-8-20)27-28-25(29)32-17-24(30)26-16-22-9-6-14-31-22/h3-10,12,14-15H,11,13,16-17H2,1-2H3,(H,26,30). The molecule has 0 radical (unpaired) electrons. The summed E-state index contributed by atoms with van der Waals surface area (Å²) in [5, 5.41) is 12.5. The summed E-state index contributed by atoms with van der Waals surface area (Å²) in [6.45, 7) is 4.57. The van der Waals surface area contributed by atoms with Gasteiger partial charge >= 0.3 is 0 Å². The smallest absolute Gasteiger partial charge is 0.230 e. The zero-order chi connectivity index (χ0) is 22.3. The van der Waals surface area contributed by atoms with Gasteiger partial charge in [-0.15, -0.1) is 10.2 Å². The summed E-state index contributed by atoms with van der Waals surface area (Å²) in [5.41, 5.74) is 4.71. The second-order valence-electron chi connectivity index (χ2n) is 7.63. The lowest BCUT2D eigenvalue weighted by Gasteiger charge is -2.12. The fourth-order valence-corrected chi connectivity index (χ4v) is 4.16. The molecule has 0 saturated heterocycles. The van der Waals surface area contributed by atoms with E-state index < -0.39 is 0 Å². The molecule has 2 aromatic heterocycles. The molecule has 0 bridgehead atoms. The van der Waals surface area contributed by atoms with Gasteiger partial charge in [0.05, 0.1) is 18.6 Å². The summed E-state index contributed by atoms with van der Waals surface area (Å²) in [6, 6.07) is 20.3. The number of amides is 1. The van der Waals surface area contributed by atoms with Crippen LogP contribution >= 0.6 is 11.8 Å². The van der Waals surface area contributed by atoms with Crippen molar-refractivity contribution >= 4 is 17.7 Å². The average Bonchev–Trinajstić information content (AvgIpc) is 3.47. The first-order valence-corrected chi connectivity index (χ1v) is 11.6. The third-order valence-electron chi connectivity index (χ3n) is 5.30. The Morgan fingerprint density at radius 1 is 1.00 bits per heavy atom. The Balaban J connectivity index is 1.50. The third-order valence-corrected chi connectivity index (χ3v) is 6.23. The van der Waals surface area contributed by atoms with E-state index in [2.05, 4.69) is 64.3 Å². The van der Waals surface area contributed by atoms with Crippen LogP contribution in [0.5, 0.6) is 0 Å². The van der Waals surface area contributed by atoms with Crippen LogP contribution in [0.3, 0.4) is 0 Å². The molecule has 7 heteroatoms. The molecular formula is C25H26N4O2S. The molecule has 1 N–H and O–H groups in total. The van der Waals surface area contributed by atoms with E-state index in [-0.39, 0.29) is 11.7 Å². The number of carbonyl (C=O) groups excluding carboxylic acids is 1. The number of carbonyl (C=O) groups is 1. The molecule has 2 heterocycles. The van der Waals surface area contributed by atoms with E-state index in [4.69, 9.17) is 4.42 Å². The maximum Gasteiger partial charge on any atom is 0.230 e. The van der Waals surface area contributed by atoms with Crippen molar-refractivity contribution < 1.29 is 9.21 Å². The average molecular weight is 447 g/mol. The largest absolute Gasteiger partial charge is 0.467 e. The number of aryl methyl sites for hydroxylation is 4.